The number of hydrogen-bond donors (Lipinski definition) is 3. The maximum atomic E-state index is 11.8. The van der Waals surface area contributed by atoms with Gasteiger partial charge in [0.05, 0.1) is 12.6 Å². The molecular formula is C13H18N2O3S. The minimum Gasteiger partial charge on any atom is -0.480 e. The molecule has 1 saturated carbocycles. The number of carbonyl (C=O) groups excluding carboxylic acids is 1. The highest BCUT2D eigenvalue weighted by molar-refractivity contribution is 7.10. The molecule has 6 heteroatoms. The van der Waals surface area contributed by atoms with E-state index >= 15 is 0 Å². The van der Waals surface area contributed by atoms with Crippen LogP contribution in [-0.2, 0) is 9.59 Å². The first-order valence-electron chi connectivity index (χ1n) is 6.35. The third-order valence-corrected chi connectivity index (χ3v) is 4.61. The Labute approximate surface area is 116 Å². The van der Waals surface area contributed by atoms with Gasteiger partial charge in [-0.25, -0.2) is 0 Å². The van der Waals surface area contributed by atoms with E-state index in [2.05, 4.69) is 10.6 Å². The Morgan fingerprint density at radius 1 is 1.53 bits per heavy atom. The van der Waals surface area contributed by atoms with Crippen LogP contribution in [0.1, 0.15) is 37.1 Å². The molecule has 1 atom stereocenters. The van der Waals surface area contributed by atoms with E-state index in [0.29, 0.717) is 12.8 Å². The van der Waals surface area contributed by atoms with Crippen molar-refractivity contribution in [1.82, 2.24) is 10.6 Å². The highest BCUT2D eigenvalue weighted by Crippen LogP contribution is 2.31. The minimum atomic E-state index is -0.885. The lowest BCUT2D eigenvalue weighted by atomic mass is 9.77. The number of aliphatic carboxylic acids is 1. The maximum Gasteiger partial charge on any atom is 0.323 e. The summed E-state index contributed by atoms with van der Waals surface area (Å²) in [5, 5.41) is 16.8. The van der Waals surface area contributed by atoms with E-state index in [1.54, 1.807) is 11.3 Å². The van der Waals surface area contributed by atoms with E-state index < -0.39 is 11.5 Å². The molecule has 0 bridgehead atoms. The molecule has 104 valence electrons. The van der Waals surface area contributed by atoms with Gasteiger partial charge in [0.25, 0.3) is 0 Å². The number of amides is 1. The van der Waals surface area contributed by atoms with Gasteiger partial charge in [-0.05, 0) is 37.6 Å². The standard InChI is InChI=1S/C13H18N2O3S/c1-9(10-4-2-7-19-10)15-11(16)8-14-13(12(17)18)5-3-6-13/h2,4,7,9,14H,3,5-6,8H2,1H3,(H,15,16)(H,17,18). The van der Waals surface area contributed by atoms with Crippen LogP contribution in [0.4, 0.5) is 0 Å². The Balaban J connectivity index is 1.80. The average molecular weight is 282 g/mol. The van der Waals surface area contributed by atoms with Gasteiger partial charge in [0.2, 0.25) is 5.91 Å². The van der Waals surface area contributed by atoms with Gasteiger partial charge < -0.3 is 10.4 Å². The summed E-state index contributed by atoms with van der Waals surface area (Å²) in [6.07, 6.45) is 2.08. The Hall–Kier alpha value is -1.40. The summed E-state index contributed by atoms with van der Waals surface area (Å²) in [6.45, 7) is 1.96. The van der Waals surface area contributed by atoms with Gasteiger partial charge in [0, 0.05) is 4.88 Å². The second-order valence-corrected chi connectivity index (χ2v) is 5.88. The van der Waals surface area contributed by atoms with Crippen molar-refractivity contribution in [3.63, 3.8) is 0 Å². The molecule has 1 aliphatic carbocycles. The molecule has 0 radical (unpaired) electrons. The zero-order valence-electron chi connectivity index (χ0n) is 10.8. The summed E-state index contributed by atoms with van der Waals surface area (Å²) in [7, 11) is 0. The molecule has 0 aliphatic heterocycles. The van der Waals surface area contributed by atoms with E-state index in [4.69, 9.17) is 5.11 Å². The van der Waals surface area contributed by atoms with E-state index in [9.17, 15) is 9.59 Å². The molecule has 0 spiro atoms. The third-order valence-electron chi connectivity index (χ3n) is 3.55. The highest BCUT2D eigenvalue weighted by atomic mass is 32.1. The van der Waals surface area contributed by atoms with E-state index in [0.717, 1.165) is 11.3 Å². The predicted octanol–water partition coefficient (Wildman–Crippen LogP) is 1.52. The van der Waals surface area contributed by atoms with Crippen LogP contribution in [-0.4, -0.2) is 29.1 Å². The normalized spacial score (nSPS) is 18.4. The average Bonchev–Trinajstić information content (AvgIpc) is 2.80. The third kappa shape index (κ3) is 3.13. The van der Waals surface area contributed by atoms with Crippen LogP contribution in [0.3, 0.4) is 0 Å². The number of hydrogen-bond acceptors (Lipinski definition) is 4. The van der Waals surface area contributed by atoms with Crippen molar-refractivity contribution in [2.24, 2.45) is 0 Å². The van der Waals surface area contributed by atoms with Crippen molar-refractivity contribution in [2.45, 2.75) is 37.8 Å². The lowest BCUT2D eigenvalue weighted by Crippen LogP contribution is -2.59. The predicted molar refractivity (Wildman–Crippen MR) is 73.1 cm³/mol. The van der Waals surface area contributed by atoms with Crippen molar-refractivity contribution in [1.29, 1.82) is 0 Å². The Bertz CT molecular complexity index is 454. The zero-order chi connectivity index (χ0) is 13.9. The first-order valence-corrected chi connectivity index (χ1v) is 7.23. The second kappa shape index (κ2) is 5.71. The van der Waals surface area contributed by atoms with Gasteiger partial charge >= 0.3 is 5.97 Å². The molecule has 5 nitrogen and oxygen atoms in total. The Kier molecular flexibility index (Phi) is 4.21. The van der Waals surface area contributed by atoms with Gasteiger partial charge in [-0.1, -0.05) is 6.07 Å². The zero-order valence-corrected chi connectivity index (χ0v) is 11.6. The summed E-state index contributed by atoms with van der Waals surface area (Å²) in [6, 6.07) is 3.86. The highest BCUT2D eigenvalue weighted by Gasteiger charge is 2.44. The summed E-state index contributed by atoms with van der Waals surface area (Å²) in [5.74, 6) is -1.04. The fourth-order valence-electron chi connectivity index (χ4n) is 2.15. The van der Waals surface area contributed by atoms with Crippen LogP contribution >= 0.6 is 11.3 Å². The number of carbonyl (C=O) groups is 2. The summed E-state index contributed by atoms with van der Waals surface area (Å²) >= 11 is 1.59. The molecule has 1 aliphatic rings. The molecule has 3 N–H and O–H groups in total. The monoisotopic (exact) mass is 282 g/mol. The van der Waals surface area contributed by atoms with Gasteiger partial charge in [-0.15, -0.1) is 11.3 Å². The smallest absolute Gasteiger partial charge is 0.323 e. The lowest BCUT2D eigenvalue weighted by molar-refractivity contribution is -0.149. The largest absolute Gasteiger partial charge is 0.480 e. The number of nitrogens with one attached hydrogen (secondary N) is 2. The Morgan fingerprint density at radius 3 is 2.74 bits per heavy atom. The summed E-state index contributed by atoms with van der Waals surface area (Å²) in [4.78, 5) is 24.0. The van der Waals surface area contributed by atoms with Crippen molar-refractivity contribution in [2.75, 3.05) is 6.54 Å². The van der Waals surface area contributed by atoms with Crippen molar-refractivity contribution in [3.8, 4) is 0 Å². The van der Waals surface area contributed by atoms with Gasteiger partial charge in [-0.3, -0.25) is 14.9 Å². The fourth-order valence-corrected chi connectivity index (χ4v) is 2.88. The van der Waals surface area contributed by atoms with E-state index in [1.165, 1.54) is 0 Å². The SMILES string of the molecule is CC(NC(=O)CNC1(C(=O)O)CCC1)c1cccs1. The summed E-state index contributed by atoms with van der Waals surface area (Å²) < 4.78 is 0. The lowest BCUT2D eigenvalue weighted by Gasteiger charge is -2.38. The van der Waals surface area contributed by atoms with Crippen molar-refractivity contribution < 1.29 is 14.7 Å². The molecule has 1 unspecified atom stereocenters. The molecule has 1 heterocycles. The first kappa shape index (κ1) is 14.0. The van der Waals surface area contributed by atoms with Crippen LogP contribution < -0.4 is 10.6 Å². The molecule has 1 amide bonds. The minimum absolute atomic E-state index is 0.0437. The summed E-state index contributed by atoms with van der Waals surface area (Å²) in [5.41, 5.74) is -0.885. The van der Waals surface area contributed by atoms with Crippen LogP contribution in [0.2, 0.25) is 0 Å². The van der Waals surface area contributed by atoms with E-state index in [1.807, 2.05) is 24.4 Å². The maximum absolute atomic E-state index is 11.8. The molecule has 1 fully saturated rings. The number of rotatable bonds is 6. The molecule has 1 aromatic heterocycles. The molecule has 19 heavy (non-hydrogen) atoms. The van der Waals surface area contributed by atoms with Gasteiger partial charge in [0.15, 0.2) is 0 Å². The molecule has 0 aromatic carbocycles. The molecule has 0 saturated heterocycles. The first-order chi connectivity index (χ1) is 9.03. The number of carboxylic acid groups (broad SMARTS) is 1. The number of thiophene rings is 1. The van der Waals surface area contributed by atoms with Crippen LogP contribution in [0.25, 0.3) is 0 Å². The van der Waals surface area contributed by atoms with E-state index in [-0.39, 0.29) is 18.5 Å². The topological polar surface area (TPSA) is 78.4 Å². The molecular weight excluding hydrogens is 264 g/mol. The van der Waals surface area contributed by atoms with Crippen molar-refractivity contribution in [3.05, 3.63) is 22.4 Å². The van der Waals surface area contributed by atoms with Gasteiger partial charge in [0.1, 0.15) is 5.54 Å². The van der Waals surface area contributed by atoms with Crippen LogP contribution in [0.15, 0.2) is 17.5 Å². The van der Waals surface area contributed by atoms with Gasteiger partial charge in [-0.2, -0.15) is 0 Å². The quantitative estimate of drug-likeness (QED) is 0.739. The Morgan fingerprint density at radius 2 is 2.26 bits per heavy atom. The van der Waals surface area contributed by atoms with Crippen LogP contribution in [0, 0.1) is 0 Å². The van der Waals surface area contributed by atoms with Crippen molar-refractivity contribution >= 4 is 23.2 Å². The number of carboxylic acids is 1. The van der Waals surface area contributed by atoms with Crippen LogP contribution in [0.5, 0.6) is 0 Å². The molecule has 1 aromatic rings. The second-order valence-electron chi connectivity index (χ2n) is 4.90. The molecule has 2 rings (SSSR count). The fraction of sp³-hybridized carbons (Fsp3) is 0.538.